The number of ether oxygens (including phenoxy) is 1. The van der Waals surface area contributed by atoms with Gasteiger partial charge in [0.2, 0.25) is 0 Å². The van der Waals surface area contributed by atoms with E-state index in [4.69, 9.17) is 4.74 Å². The fraction of sp³-hybridized carbons (Fsp3) is 0.636. The van der Waals surface area contributed by atoms with Crippen molar-refractivity contribution in [2.45, 2.75) is 39.3 Å². The van der Waals surface area contributed by atoms with Gasteiger partial charge in [0, 0.05) is 6.21 Å². The number of hydrogen-bond acceptors (Lipinski definition) is 4. The molecule has 0 aromatic heterocycles. The largest absolute Gasteiger partial charge is 0.442 e. The molecule has 1 N–H and O–H groups in total. The fourth-order valence-electron chi connectivity index (χ4n) is 1.30. The van der Waals surface area contributed by atoms with E-state index in [0.717, 1.165) is 5.57 Å². The maximum atomic E-state index is 11.5. The third-order valence-corrected chi connectivity index (χ3v) is 1.94. The van der Waals surface area contributed by atoms with Crippen LogP contribution in [0, 0.1) is 0 Å². The molecule has 0 saturated heterocycles. The predicted molar refractivity (Wildman–Crippen MR) is 60.8 cm³/mol. The Bertz CT molecular complexity index is 329. The van der Waals surface area contributed by atoms with E-state index in [9.17, 15) is 10.0 Å². The van der Waals surface area contributed by atoms with Gasteiger partial charge in [0.25, 0.3) is 0 Å². The molecule has 0 saturated carbocycles. The van der Waals surface area contributed by atoms with Gasteiger partial charge < -0.3 is 4.74 Å². The van der Waals surface area contributed by atoms with Gasteiger partial charge in [-0.3, -0.25) is 10.2 Å². The number of nitrogens with zero attached hydrogens (tertiary/aromatic N) is 2. The van der Waals surface area contributed by atoms with Gasteiger partial charge >= 0.3 is 6.09 Å². The summed E-state index contributed by atoms with van der Waals surface area (Å²) in [6.45, 7) is 7.46. The van der Waals surface area contributed by atoms with Crippen molar-refractivity contribution in [1.29, 1.82) is 0 Å². The molecule has 90 valence electrons. The summed E-state index contributed by atoms with van der Waals surface area (Å²) in [5.41, 5.74) is 0.299. The van der Waals surface area contributed by atoms with Crippen molar-refractivity contribution in [2.75, 3.05) is 6.54 Å². The third kappa shape index (κ3) is 3.66. The molecule has 0 bridgehead atoms. The van der Waals surface area contributed by atoms with Crippen molar-refractivity contribution < 1.29 is 14.7 Å². The van der Waals surface area contributed by atoms with Crippen molar-refractivity contribution in [3.63, 3.8) is 0 Å². The average Bonchev–Trinajstić information content (AvgIpc) is 2.14. The molecule has 1 atom stereocenters. The van der Waals surface area contributed by atoms with Gasteiger partial charge in [0.1, 0.15) is 11.6 Å². The van der Waals surface area contributed by atoms with E-state index in [1.54, 1.807) is 33.1 Å². The summed E-state index contributed by atoms with van der Waals surface area (Å²) in [7, 11) is 0. The van der Waals surface area contributed by atoms with Crippen LogP contribution in [0.25, 0.3) is 0 Å². The molecule has 1 unspecified atom stereocenters. The number of hydrogen-bond donors (Lipinski definition) is 1. The van der Waals surface area contributed by atoms with Crippen LogP contribution in [-0.2, 0) is 4.74 Å². The van der Waals surface area contributed by atoms with Crippen LogP contribution < -0.4 is 0 Å². The number of rotatable bonds is 1. The molecule has 1 rings (SSSR count). The summed E-state index contributed by atoms with van der Waals surface area (Å²) in [5, 5.41) is 10.3. The van der Waals surface area contributed by atoms with Crippen LogP contribution in [0.5, 0.6) is 0 Å². The molecular formula is C11H18N2O3. The molecule has 0 fully saturated rings. The lowest BCUT2D eigenvalue weighted by atomic mass is 10.1. The second kappa shape index (κ2) is 4.65. The van der Waals surface area contributed by atoms with Gasteiger partial charge in [-0.05, 0) is 33.3 Å². The van der Waals surface area contributed by atoms with Crippen LogP contribution in [0.15, 0.2) is 16.6 Å². The minimum atomic E-state index is -0.751. The smallest absolute Gasteiger partial charge is 0.434 e. The summed E-state index contributed by atoms with van der Waals surface area (Å²) in [6, 6.07) is -0.445. The van der Waals surface area contributed by atoms with Crippen LogP contribution in [0.2, 0.25) is 0 Å². The molecular weight excluding hydrogens is 208 g/mol. The number of carbonyl (C=O) groups is 1. The van der Waals surface area contributed by atoms with Gasteiger partial charge in [-0.15, -0.1) is 0 Å². The van der Waals surface area contributed by atoms with Crippen LogP contribution in [0.1, 0.15) is 27.7 Å². The summed E-state index contributed by atoms with van der Waals surface area (Å²) in [6.07, 6.45) is 2.73. The second-order valence-corrected chi connectivity index (χ2v) is 4.80. The molecule has 1 heterocycles. The minimum Gasteiger partial charge on any atom is -0.442 e. The van der Waals surface area contributed by atoms with Crippen molar-refractivity contribution in [3.8, 4) is 0 Å². The van der Waals surface area contributed by atoms with E-state index in [0.29, 0.717) is 11.6 Å². The number of aliphatic imine (C=N–C) groups is 1. The topological polar surface area (TPSA) is 62.1 Å². The Morgan fingerprint density at radius 3 is 2.75 bits per heavy atom. The van der Waals surface area contributed by atoms with Crippen LogP contribution in [0.3, 0.4) is 0 Å². The Kier molecular flexibility index (Phi) is 3.70. The highest BCUT2D eigenvalue weighted by atomic mass is 16.6. The quantitative estimate of drug-likeness (QED) is 0.549. The van der Waals surface area contributed by atoms with E-state index in [-0.39, 0.29) is 0 Å². The second-order valence-electron chi connectivity index (χ2n) is 4.80. The average molecular weight is 226 g/mol. The van der Waals surface area contributed by atoms with E-state index >= 15 is 0 Å². The van der Waals surface area contributed by atoms with Gasteiger partial charge in [0.05, 0.1) is 6.54 Å². The number of carbonyl (C=O) groups excluding carboxylic acids is 1. The predicted octanol–water partition coefficient (Wildman–Crippen LogP) is 2.01. The zero-order valence-corrected chi connectivity index (χ0v) is 10.1. The third-order valence-electron chi connectivity index (χ3n) is 1.94. The monoisotopic (exact) mass is 226 g/mol. The Hall–Kier alpha value is -1.36. The number of dihydropyridines is 1. The molecule has 0 aromatic rings. The van der Waals surface area contributed by atoms with E-state index in [1.165, 1.54) is 0 Å². The molecule has 0 radical (unpaired) electrons. The lowest BCUT2D eigenvalue weighted by molar-refractivity contribution is -0.108. The highest BCUT2D eigenvalue weighted by Crippen LogP contribution is 2.13. The molecule has 1 amide bonds. The highest BCUT2D eigenvalue weighted by Gasteiger charge is 2.26. The van der Waals surface area contributed by atoms with E-state index in [2.05, 4.69) is 4.99 Å². The maximum absolute atomic E-state index is 11.5. The first-order valence-electron chi connectivity index (χ1n) is 5.19. The Morgan fingerprint density at radius 2 is 2.25 bits per heavy atom. The zero-order valence-electron chi connectivity index (χ0n) is 10.1. The van der Waals surface area contributed by atoms with Crippen LogP contribution in [-0.4, -0.2) is 40.8 Å². The van der Waals surface area contributed by atoms with E-state index < -0.39 is 17.7 Å². The lowest BCUT2D eigenvalue weighted by Crippen LogP contribution is -2.42. The van der Waals surface area contributed by atoms with Crippen molar-refractivity contribution in [2.24, 2.45) is 4.99 Å². The van der Waals surface area contributed by atoms with Gasteiger partial charge in [-0.25, -0.2) is 4.79 Å². The fourth-order valence-corrected chi connectivity index (χ4v) is 1.30. The van der Waals surface area contributed by atoms with Crippen molar-refractivity contribution >= 4 is 12.3 Å². The standard InChI is InChI=1S/C11H18N2O3/c1-8-5-9(7-12-6-8)13(15)10(14)16-11(2,3)4/h5-6,9,15H,7H2,1-4H3. The molecule has 16 heavy (non-hydrogen) atoms. The number of amides is 1. The SMILES string of the molecule is CC1=CC(N(O)C(=O)OC(C)(C)C)CN=C1. The Balaban J connectivity index is 2.61. The molecule has 0 aromatic carbocycles. The first kappa shape index (κ1) is 12.7. The number of hydroxylamine groups is 2. The van der Waals surface area contributed by atoms with Gasteiger partial charge in [-0.1, -0.05) is 6.08 Å². The van der Waals surface area contributed by atoms with Crippen LogP contribution >= 0.6 is 0 Å². The summed E-state index contributed by atoms with van der Waals surface area (Å²) >= 11 is 0. The molecule has 5 nitrogen and oxygen atoms in total. The molecule has 0 spiro atoms. The molecule has 1 aliphatic heterocycles. The van der Waals surface area contributed by atoms with Crippen molar-refractivity contribution in [1.82, 2.24) is 5.06 Å². The zero-order chi connectivity index (χ0) is 12.3. The lowest BCUT2D eigenvalue weighted by Gasteiger charge is -2.27. The minimum absolute atomic E-state index is 0.354. The maximum Gasteiger partial charge on any atom is 0.434 e. The summed E-state index contributed by atoms with van der Waals surface area (Å²) < 4.78 is 5.04. The number of allylic oxidation sites excluding steroid dienone is 1. The summed E-state index contributed by atoms with van der Waals surface area (Å²) in [5.74, 6) is 0. The van der Waals surface area contributed by atoms with E-state index in [1.807, 2.05) is 6.92 Å². The molecule has 1 aliphatic rings. The first-order chi connectivity index (χ1) is 7.29. The van der Waals surface area contributed by atoms with Gasteiger partial charge in [0.15, 0.2) is 0 Å². The highest BCUT2D eigenvalue weighted by molar-refractivity contribution is 5.79. The summed E-state index contributed by atoms with van der Waals surface area (Å²) in [4.78, 5) is 15.6. The van der Waals surface area contributed by atoms with Crippen molar-refractivity contribution in [3.05, 3.63) is 11.6 Å². The first-order valence-corrected chi connectivity index (χ1v) is 5.19. The Morgan fingerprint density at radius 1 is 1.62 bits per heavy atom. The Labute approximate surface area is 95.4 Å². The normalized spacial score (nSPS) is 20.3. The van der Waals surface area contributed by atoms with Crippen LogP contribution in [0.4, 0.5) is 4.79 Å². The molecule has 0 aliphatic carbocycles. The molecule has 5 heteroatoms. The van der Waals surface area contributed by atoms with Gasteiger partial charge in [-0.2, -0.15) is 5.06 Å².